The molecule has 0 unspecified atom stereocenters. The summed E-state index contributed by atoms with van der Waals surface area (Å²) in [6.07, 6.45) is 4.99. The van der Waals surface area contributed by atoms with E-state index in [9.17, 15) is 0 Å². The van der Waals surface area contributed by atoms with E-state index in [0.717, 1.165) is 13.1 Å². The summed E-state index contributed by atoms with van der Waals surface area (Å²) in [7, 11) is 0. The van der Waals surface area contributed by atoms with E-state index in [0.29, 0.717) is 6.54 Å². The predicted octanol–water partition coefficient (Wildman–Crippen LogP) is 3.55. The van der Waals surface area contributed by atoms with Gasteiger partial charge in [0.15, 0.2) is 0 Å². The van der Waals surface area contributed by atoms with E-state index < -0.39 is 0 Å². The average Bonchev–Trinajstić information content (AvgIpc) is 2.39. The Labute approximate surface area is 106 Å². The highest BCUT2D eigenvalue weighted by molar-refractivity contribution is 5.53. The van der Waals surface area contributed by atoms with Gasteiger partial charge >= 0.3 is 0 Å². The molecule has 0 aliphatic carbocycles. The van der Waals surface area contributed by atoms with E-state index in [-0.39, 0.29) is 0 Å². The SMILES string of the molecule is CCCCN(CCCC)c1ccccc1CN. The molecule has 0 aliphatic rings. The molecule has 2 nitrogen and oxygen atoms in total. The van der Waals surface area contributed by atoms with Gasteiger partial charge in [-0.25, -0.2) is 0 Å². The van der Waals surface area contributed by atoms with Crippen LogP contribution in [0.3, 0.4) is 0 Å². The van der Waals surface area contributed by atoms with Gasteiger partial charge in [-0.05, 0) is 24.5 Å². The Morgan fingerprint density at radius 3 is 2.12 bits per heavy atom. The first-order valence-electron chi connectivity index (χ1n) is 6.86. The predicted molar refractivity (Wildman–Crippen MR) is 76.4 cm³/mol. The molecular formula is C15H26N2. The van der Waals surface area contributed by atoms with Crippen LogP contribution in [0.25, 0.3) is 0 Å². The monoisotopic (exact) mass is 234 g/mol. The third-order valence-corrected chi connectivity index (χ3v) is 3.12. The summed E-state index contributed by atoms with van der Waals surface area (Å²) in [6, 6.07) is 8.52. The van der Waals surface area contributed by atoms with Crippen LogP contribution in [0.1, 0.15) is 45.1 Å². The highest BCUT2D eigenvalue weighted by Gasteiger charge is 2.08. The van der Waals surface area contributed by atoms with Crippen molar-refractivity contribution in [2.45, 2.75) is 46.1 Å². The maximum Gasteiger partial charge on any atom is 0.0411 e. The van der Waals surface area contributed by atoms with Gasteiger partial charge in [-0.2, -0.15) is 0 Å². The normalized spacial score (nSPS) is 10.5. The van der Waals surface area contributed by atoms with E-state index in [2.05, 4.69) is 43.0 Å². The molecule has 1 aromatic rings. The fourth-order valence-corrected chi connectivity index (χ4v) is 2.04. The number of rotatable bonds is 8. The van der Waals surface area contributed by atoms with E-state index >= 15 is 0 Å². The summed E-state index contributed by atoms with van der Waals surface area (Å²) >= 11 is 0. The number of nitrogens with two attached hydrogens (primary N) is 1. The highest BCUT2D eigenvalue weighted by atomic mass is 15.1. The van der Waals surface area contributed by atoms with Crippen LogP contribution in [0.2, 0.25) is 0 Å². The number of nitrogens with zero attached hydrogens (tertiary/aromatic N) is 1. The second-order valence-electron chi connectivity index (χ2n) is 4.53. The van der Waals surface area contributed by atoms with Crippen molar-refractivity contribution in [1.82, 2.24) is 0 Å². The third-order valence-electron chi connectivity index (χ3n) is 3.12. The molecule has 1 aromatic carbocycles. The van der Waals surface area contributed by atoms with Crippen molar-refractivity contribution < 1.29 is 0 Å². The molecule has 0 saturated heterocycles. The Balaban J connectivity index is 2.78. The van der Waals surface area contributed by atoms with E-state index in [1.165, 1.54) is 36.9 Å². The van der Waals surface area contributed by atoms with Crippen molar-refractivity contribution in [1.29, 1.82) is 0 Å². The molecule has 0 atom stereocenters. The number of para-hydroxylation sites is 1. The molecule has 17 heavy (non-hydrogen) atoms. The lowest BCUT2D eigenvalue weighted by Gasteiger charge is -2.26. The first-order chi connectivity index (χ1) is 8.33. The molecule has 0 spiro atoms. The molecule has 2 N–H and O–H groups in total. The summed E-state index contributed by atoms with van der Waals surface area (Å²) in [4.78, 5) is 2.50. The quantitative estimate of drug-likeness (QED) is 0.745. The van der Waals surface area contributed by atoms with E-state index in [4.69, 9.17) is 5.73 Å². The van der Waals surface area contributed by atoms with Crippen molar-refractivity contribution in [3.8, 4) is 0 Å². The van der Waals surface area contributed by atoms with Crippen molar-refractivity contribution in [3.05, 3.63) is 29.8 Å². The molecule has 0 saturated carbocycles. The minimum absolute atomic E-state index is 0.630. The van der Waals surface area contributed by atoms with Crippen molar-refractivity contribution in [2.75, 3.05) is 18.0 Å². The van der Waals surface area contributed by atoms with Crippen LogP contribution in [0.5, 0.6) is 0 Å². The summed E-state index contributed by atoms with van der Waals surface area (Å²) in [6.45, 7) is 7.41. The maximum atomic E-state index is 5.82. The number of benzene rings is 1. The van der Waals surface area contributed by atoms with Crippen LogP contribution < -0.4 is 10.6 Å². The smallest absolute Gasteiger partial charge is 0.0411 e. The molecule has 0 aliphatic heterocycles. The zero-order valence-electron chi connectivity index (χ0n) is 11.3. The van der Waals surface area contributed by atoms with Crippen molar-refractivity contribution >= 4 is 5.69 Å². The largest absolute Gasteiger partial charge is 0.371 e. The van der Waals surface area contributed by atoms with Gasteiger partial charge in [0.05, 0.1) is 0 Å². The molecule has 0 amide bonds. The second-order valence-corrected chi connectivity index (χ2v) is 4.53. The summed E-state index contributed by atoms with van der Waals surface area (Å²) < 4.78 is 0. The van der Waals surface area contributed by atoms with Gasteiger partial charge in [-0.3, -0.25) is 0 Å². The molecule has 2 heteroatoms. The third kappa shape index (κ3) is 4.39. The average molecular weight is 234 g/mol. The summed E-state index contributed by atoms with van der Waals surface area (Å²) in [5.74, 6) is 0. The fourth-order valence-electron chi connectivity index (χ4n) is 2.04. The minimum Gasteiger partial charge on any atom is -0.371 e. The van der Waals surface area contributed by atoms with Crippen molar-refractivity contribution in [3.63, 3.8) is 0 Å². The number of anilines is 1. The topological polar surface area (TPSA) is 29.3 Å². The highest BCUT2D eigenvalue weighted by Crippen LogP contribution is 2.21. The Morgan fingerprint density at radius 1 is 1.00 bits per heavy atom. The number of unbranched alkanes of at least 4 members (excludes halogenated alkanes) is 2. The molecular weight excluding hydrogens is 208 g/mol. The van der Waals surface area contributed by atoms with Gasteiger partial charge < -0.3 is 10.6 Å². The molecule has 0 bridgehead atoms. The van der Waals surface area contributed by atoms with E-state index in [1.807, 2.05) is 0 Å². The fraction of sp³-hybridized carbons (Fsp3) is 0.600. The van der Waals surface area contributed by atoms with Crippen molar-refractivity contribution in [2.24, 2.45) is 5.73 Å². The van der Waals surface area contributed by atoms with Crippen LogP contribution in [0, 0.1) is 0 Å². The lowest BCUT2D eigenvalue weighted by molar-refractivity contribution is 0.675. The molecule has 0 radical (unpaired) electrons. The molecule has 96 valence electrons. The van der Waals surface area contributed by atoms with Gasteiger partial charge in [-0.1, -0.05) is 44.9 Å². The first kappa shape index (κ1) is 14.0. The zero-order valence-corrected chi connectivity index (χ0v) is 11.3. The van der Waals surface area contributed by atoms with Gasteiger partial charge in [0, 0.05) is 25.3 Å². The second kappa shape index (κ2) is 8.13. The molecule has 0 aromatic heterocycles. The zero-order chi connectivity index (χ0) is 12.5. The Morgan fingerprint density at radius 2 is 1.59 bits per heavy atom. The van der Waals surface area contributed by atoms with Crippen LogP contribution in [-0.4, -0.2) is 13.1 Å². The minimum atomic E-state index is 0.630. The number of hydrogen-bond donors (Lipinski definition) is 1. The lowest BCUT2D eigenvalue weighted by atomic mass is 10.1. The maximum absolute atomic E-state index is 5.82. The van der Waals surface area contributed by atoms with Gasteiger partial charge in [-0.15, -0.1) is 0 Å². The summed E-state index contributed by atoms with van der Waals surface area (Å²) in [5.41, 5.74) is 8.41. The number of hydrogen-bond acceptors (Lipinski definition) is 2. The summed E-state index contributed by atoms with van der Waals surface area (Å²) in [5, 5.41) is 0. The van der Waals surface area contributed by atoms with Crippen LogP contribution in [0.15, 0.2) is 24.3 Å². The Bertz CT molecular complexity index is 302. The van der Waals surface area contributed by atoms with Crippen LogP contribution >= 0.6 is 0 Å². The first-order valence-corrected chi connectivity index (χ1v) is 6.86. The Hall–Kier alpha value is -1.02. The molecule has 1 rings (SSSR count). The van der Waals surface area contributed by atoms with Crippen LogP contribution in [-0.2, 0) is 6.54 Å². The standard InChI is InChI=1S/C15H26N2/c1-3-5-11-17(12-6-4-2)15-10-8-7-9-14(15)13-16/h7-10H,3-6,11-13,16H2,1-2H3. The van der Waals surface area contributed by atoms with Gasteiger partial charge in [0.25, 0.3) is 0 Å². The Kier molecular flexibility index (Phi) is 6.71. The molecule has 0 heterocycles. The lowest BCUT2D eigenvalue weighted by Crippen LogP contribution is -2.27. The van der Waals surface area contributed by atoms with E-state index in [1.54, 1.807) is 0 Å². The van der Waals surface area contributed by atoms with Gasteiger partial charge in [0.1, 0.15) is 0 Å². The molecule has 0 fully saturated rings. The van der Waals surface area contributed by atoms with Crippen LogP contribution in [0.4, 0.5) is 5.69 Å². The van der Waals surface area contributed by atoms with Gasteiger partial charge in [0.2, 0.25) is 0 Å².